The highest BCUT2D eigenvalue weighted by Gasteiger charge is 2.22. The molecule has 0 amide bonds. The molecule has 2 aromatic carbocycles. The Balaban J connectivity index is 2.02. The summed E-state index contributed by atoms with van der Waals surface area (Å²) in [6.45, 7) is 5.05. The van der Waals surface area contributed by atoms with E-state index in [-0.39, 0.29) is 0 Å². The summed E-state index contributed by atoms with van der Waals surface area (Å²) in [6.07, 6.45) is 1.02. The van der Waals surface area contributed by atoms with E-state index in [4.69, 9.17) is 16.6 Å². The van der Waals surface area contributed by atoms with Crippen LogP contribution in [0.15, 0.2) is 59.6 Å². The van der Waals surface area contributed by atoms with Gasteiger partial charge in [0.15, 0.2) is 0 Å². The molecule has 0 fully saturated rings. The number of benzene rings is 2. The number of hydrogen-bond donors (Lipinski definition) is 0. The van der Waals surface area contributed by atoms with Crippen LogP contribution in [0, 0.1) is 6.92 Å². The lowest BCUT2D eigenvalue weighted by Crippen LogP contribution is -2.08. The van der Waals surface area contributed by atoms with E-state index in [1.54, 1.807) is 0 Å². The second-order valence-electron chi connectivity index (χ2n) is 6.14. The summed E-state index contributed by atoms with van der Waals surface area (Å²) < 4.78 is 2.34. The highest BCUT2D eigenvalue weighted by atomic mass is 35.5. The molecule has 1 aliphatic rings. The van der Waals surface area contributed by atoms with Crippen molar-refractivity contribution < 1.29 is 0 Å². The van der Waals surface area contributed by atoms with E-state index in [0.717, 1.165) is 34.0 Å². The van der Waals surface area contributed by atoms with Crippen LogP contribution in [0.4, 0.5) is 0 Å². The standard InChI is InChI=1S/C21H19ClN2/c1-3-15-11-14(2)24-19-10-9-17(22)12-18(19)21(23-13-20(15)24)16-7-5-4-6-8-16/h4-12H,3,13H2,1-2H3. The van der Waals surface area contributed by atoms with Gasteiger partial charge < -0.3 is 4.57 Å². The molecule has 0 N–H and O–H groups in total. The lowest BCUT2D eigenvalue weighted by Gasteiger charge is -2.14. The monoisotopic (exact) mass is 334 g/mol. The Kier molecular flexibility index (Phi) is 3.78. The maximum atomic E-state index is 6.32. The van der Waals surface area contributed by atoms with Gasteiger partial charge in [-0.1, -0.05) is 48.9 Å². The zero-order valence-corrected chi connectivity index (χ0v) is 14.6. The normalized spacial score (nSPS) is 13.0. The topological polar surface area (TPSA) is 17.3 Å². The predicted molar refractivity (Wildman–Crippen MR) is 101 cm³/mol. The molecule has 2 nitrogen and oxygen atoms in total. The fourth-order valence-corrected chi connectivity index (χ4v) is 3.72. The van der Waals surface area contributed by atoms with Gasteiger partial charge in [0.05, 0.1) is 17.9 Å². The highest BCUT2D eigenvalue weighted by Crippen LogP contribution is 2.31. The molecule has 0 atom stereocenters. The van der Waals surface area contributed by atoms with Gasteiger partial charge in [-0.15, -0.1) is 0 Å². The third-order valence-corrected chi connectivity index (χ3v) is 4.88. The Labute approximate surface area is 147 Å². The molecule has 0 radical (unpaired) electrons. The Morgan fingerprint density at radius 2 is 1.88 bits per heavy atom. The fourth-order valence-electron chi connectivity index (χ4n) is 3.55. The Morgan fingerprint density at radius 1 is 1.08 bits per heavy atom. The molecule has 1 aromatic heterocycles. The summed E-state index contributed by atoms with van der Waals surface area (Å²) in [7, 11) is 0. The summed E-state index contributed by atoms with van der Waals surface area (Å²) in [6, 6.07) is 18.7. The molecule has 0 aliphatic carbocycles. The van der Waals surface area contributed by atoms with Gasteiger partial charge in [0.2, 0.25) is 0 Å². The van der Waals surface area contributed by atoms with Crippen molar-refractivity contribution in [3.05, 3.63) is 87.7 Å². The van der Waals surface area contributed by atoms with E-state index in [1.165, 1.54) is 17.0 Å². The Morgan fingerprint density at radius 3 is 2.62 bits per heavy atom. The van der Waals surface area contributed by atoms with E-state index < -0.39 is 0 Å². The van der Waals surface area contributed by atoms with Crippen LogP contribution in [0.1, 0.15) is 35.0 Å². The minimum atomic E-state index is 0.688. The number of halogens is 1. The third-order valence-electron chi connectivity index (χ3n) is 4.65. The molecule has 24 heavy (non-hydrogen) atoms. The van der Waals surface area contributed by atoms with Gasteiger partial charge in [0.1, 0.15) is 0 Å². The highest BCUT2D eigenvalue weighted by molar-refractivity contribution is 6.31. The zero-order chi connectivity index (χ0) is 16.7. The van der Waals surface area contributed by atoms with Crippen LogP contribution in [0.2, 0.25) is 5.02 Å². The van der Waals surface area contributed by atoms with Crippen LogP contribution >= 0.6 is 11.6 Å². The molecule has 0 spiro atoms. The van der Waals surface area contributed by atoms with Crippen LogP contribution in [-0.2, 0) is 13.0 Å². The van der Waals surface area contributed by atoms with Crippen molar-refractivity contribution in [2.45, 2.75) is 26.8 Å². The van der Waals surface area contributed by atoms with Crippen LogP contribution < -0.4 is 0 Å². The van der Waals surface area contributed by atoms with Crippen molar-refractivity contribution in [1.82, 2.24) is 4.57 Å². The minimum absolute atomic E-state index is 0.688. The average Bonchev–Trinajstić information content (AvgIpc) is 2.82. The summed E-state index contributed by atoms with van der Waals surface area (Å²) in [5.74, 6) is 0. The molecule has 120 valence electrons. The smallest absolute Gasteiger partial charge is 0.0805 e. The fraction of sp³-hybridized carbons (Fsp3) is 0.190. The molecule has 3 aromatic rings. The summed E-state index contributed by atoms with van der Waals surface area (Å²) in [4.78, 5) is 4.98. The van der Waals surface area contributed by atoms with E-state index >= 15 is 0 Å². The van der Waals surface area contributed by atoms with Crippen molar-refractivity contribution in [3.63, 3.8) is 0 Å². The first kappa shape index (κ1) is 15.2. The number of aryl methyl sites for hydroxylation is 2. The number of aromatic nitrogens is 1. The van der Waals surface area contributed by atoms with Crippen LogP contribution in [-0.4, -0.2) is 10.3 Å². The predicted octanol–water partition coefficient (Wildman–Crippen LogP) is 5.35. The van der Waals surface area contributed by atoms with Gasteiger partial charge in [-0.25, -0.2) is 0 Å². The van der Waals surface area contributed by atoms with Crippen LogP contribution in [0.25, 0.3) is 5.69 Å². The summed E-state index contributed by atoms with van der Waals surface area (Å²) >= 11 is 6.32. The second kappa shape index (κ2) is 5.95. The van der Waals surface area contributed by atoms with Gasteiger partial charge >= 0.3 is 0 Å². The van der Waals surface area contributed by atoms with Crippen molar-refractivity contribution in [2.24, 2.45) is 4.99 Å². The number of aliphatic imine (C=N–C) groups is 1. The van der Waals surface area contributed by atoms with Gasteiger partial charge in [-0.3, -0.25) is 4.99 Å². The number of fused-ring (bicyclic) bond motifs is 3. The van der Waals surface area contributed by atoms with Gasteiger partial charge in [-0.2, -0.15) is 0 Å². The van der Waals surface area contributed by atoms with Crippen LogP contribution in [0.5, 0.6) is 0 Å². The van der Waals surface area contributed by atoms with E-state index in [9.17, 15) is 0 Å². The largest absolute Gasteiger partial charge is 0.315 e. The number of hydrogen-bond acceptors (Lipinski definition) is 1. The molecule has 0 saturated heterocycles. The maximum absolute atomic E-state index is 6.32. The molecule has 1 aliphatic heterocycles. The molecular weight excluding hydrogens is 316 g/mol. The van der Waals surface area contributed by atoms with E-state index in [0.29, 0.717) is 6.54 Å². The summed E-state index contributed by atoms with van der Waals surface area (Å²) in [5, 5.41) is 0.737. The second-order valence-corrected chi connectivity index (χ2v) is 6.58. The lowest BCUT2D eigenvalue weighted by atomic mass is 10.0. The summed E-state index contributed by atoms with van der Waals surface area (Å²) in [5.41, 5.74) is 8.28. The molecule has 4 rings (SSSR count). The minimum Gasteiger partial charge on any atom is -0.315 e. The van der Waals surface area contributed by atoms with Crippen molar-refractivity contribution >= 4 is 17.3 Å². The SMILES string of the molecule is CCc1cc(C)n2c1CN=C(c1ccccc1)c1cc(Cl)ccc1-2. The first-order valence-corrected chi connectivity index (χ1v) is 8.67. The zero-order valence-electron chi connectivity index (χ0n) is 13.9. The molecule has 0 unspecified atom stereocenters. The lowest BCUT2D eigenvalue weighted by molar-refractivity contribution is 0.879. The van der Waals surface area contributed by atoms with Crippen molar-refractivity contribution in [3.8, 4) is 5.69 Å². The molecular formula is C21H19ClN2. The van der Waals surface area contributed by atoms with Crippen LogP contribution in [0.3, 0.4) is 0 Å². The van der Waals surface area contributed by atoms with Gasteiger partial charge in [0, 0.05) is 27.5 Å². The molecule has 0 saturated carbocycles. The third kappa shape index (κ3) is 2.38. The Hall–Kier alpha value is -2.32. The molecule has 2 heterocycles. The number of nitrogens with zero attached hydrogens (tertiary/aromatic N) is 2. The van der Waals surface area contributed by atoms with Crippen molar-refractivity contribution in [2.75, 3.05) is 0 Å². The first-order chi connectivity index (χ1) is 11.7. The number of rotatable bonds is 2. The van der Waals surface area contributed by atoms with E-state index in [2.05, 4.69) is 54.8 Å². The quantitative estimate of drug-likeness (QED) is 0.601. The first-order valence-electron chi connectivity index (χ1n) is 8.29. The Bertz CT molecular complexity index is 936. The maximum Gasteiger partial charge on any atom is 0.0805 e. The van der Waals surface area contributed by atoms with Gasteiger partial charge in [-0.05, 0) is 43.2 Å². The molecule has 3 heteroatoms. The molecule has 0 bridgehead atoms. The van der Waals surface area contributed by atoms with Gasteiger partial charge in [0.25, 0.3) is 0 Å². The van der Waals surface area contributed by atoms with Crippen molar-refractivity contribution in [1.29, 1.82) is 0 Å². The van der Waals surface area contributed by atoms with E-state index in [1.807, 2.05) is 18.2 Å². The average molecular weight is 335 g/mol.